The standard InChI is InChI=1S/C17H16N2O4S2/c1-10-5-7-13(25-10)12(20)6-8-15(21)22-11(2)16-18-19-17(23-16)14-4-3-9-24-14/h3-5,7,9,11H,6,8H2,1-2H3/t11-/m1/s1. The van der Waals surface area contributed by atoms with Crippen LogP contribution in [0.2, 0.25) is 0 Å². The summed E-state index contributed by atoms with van der Waals surface area (Å²) in [7, 11) is 0. The Labute approximate surface area is 152 Å². The van der Waals surface area contributed by atoms with Crippen LogP contribution >= 0.6 is 22.7 Å². The Morgan fingerprint density at radius 1 is 1.24 bits per heavy atom. The highest BCUT2D eigenvalue weighted by atomic mass is 32.1. The molecule has 3 aromatic rings. The molecule has 0 bridgehead atoms. The molecule has 0 aromatic carbocycles. The van der Waals surface area contributed by atoms with E-state index in [0.717, 1.165) is 9.75 Å². The third kappa shape index (κ3) is 4.40. The van der Waals surface area contributed by atoms with Gasteiger partial charge in [-0.05, 0) is 37.4 Å². The second kappa shape index (κ2) is 7.71. The fourth-order valence-electron chi connectivity index (χ4n) is 2.13. The first-order chi connectivity index (χ1) is 12.0. The van der Waals surface area contributed by atoms with Crippen molar-refractivity contribution in [2.24, 2.45) is 0 Å². The van der Waals surface area contributed by atoms with E-state index in [1.807, 2.05) is 30.5 Å². The second-order valence-corrected chi connectivity index (χ2v) is 7.62. The molecule has 0 aliphatic rings. The third-order valence-corrected chi connectivity index (χ3v) is 5.30. The Kier molecular flexibility index (Phi) is 5.40. The second-order valence-electron chi connectivity index (χ2n) is 5.39. The fraction of sp³-hybridized carbons (Fsp3) is 0.294. The number of aromatic nitrogens is 2. The molecular formula is C17H16N2O4S2. The van der Waals surface area contributed by atoms with Crippen LogP contribution in [0.25, 0.3) is 10.8 Å². The summed E-state index contributed by atoms with van der Waals surface area (Å²) in [6.45, 7) is 3.60. The lowest BCUT2D eigenvalue weighted by atomic mass is 10.2. The monoisotopic (exact) mass is 376 g/mol. The first-order valence-corrected chi connectivity index (χ1v) is 9.39. The minimum atomic E-state index is -0.659. The highest BCUT2D eigenvalue weighted by molar-refractivity contribution is 7.14. The first kappa shape index (κ1) is 17.5. The van der Waals surface area contributed by atoms with Gasteiger partial charge in [0.2, 0.25) is 0 Å². The molecule has 0 unspecified atom stereocenters. The largest absolute Gasteiger partial charge is 0.453 e. The molecule has 0 aliphatic carbocycles. The van der Waals surface area contributed by atoms with E-state index in [9.17, 15) is 9.59 Å². The highest BCUT2D eigenvalue weighted by Crippen LogP contribution is 2.26. The maximum atomic E-state index is 12.0. The number of rotatable bonds is 7. The molecule has 0 aliphatic heterocycles. The zero-order valence-electron chi connectivity index (χ0n) is 13.7. The molecule has 3 heterocycles. The summed E-state index contributed by atoms with van der Waals surface area (Å²) in [5.41, 5.74) is 0. The maximum Gasteiger partial charge on any atom is 0.307 e. The molecule has 0 N–H and O–H groups in total. The van der Waals surface area contributed by atoms with Crippen molar-refractivity contribution in [1.82, 2.24) is 10.2 Å². The number of hydrogen-bond donors (Lipinski definition) is 0. The Morgan fingerprint density at radius 3 is 2.76 bits per heavy atom. The number of hydrogen-bond acceptors (Lipinski definition) is 8. The lowest BCUT2D eigenvalue weighted by Crippen LogP contribution is -2.11. The van der Waals surface area contributed by atoms with Crippen molar-refractivity contribution in [3.8, 4) is 10.8 Å². The van der Waals surface area contributed by atoms with Crippen LogP contribution in [0.5, 0.6) is 0 Å². The van der Waals surface area contributed by atoms with Crippen molar-refractivity contribution in [1.29, 1.82) is 0 Å². The molecule has 0 saturated carbocycles. The van der Waals surface area contributed by atoms with E-state index in [0.29, 0.717) is 10.8 Å². The quantitative estimate of drug-likeness (QED) is 0.448. The minimum absolute atomic E-state index is 0.0199. The molecular weight excluding hydrogens is 360 g/mol. The van der Waals surface area contributed by atoms with E-state index in [-0.39, 0.29) is 24.5 Å². The summed E-state index contributed by atoms with van der Waals surface area (Å²) in [5, 5.41) is 9.78. The summed E-state index contributed by atoms with van der Waals surface area (Å²) < 4.78 is 10.8. The van der Waals surface area contributed by atoms with Crippen LogP contribution in [-0.4, -0.2) is 21.9 Å². The molecule has 6 nitrogen and oxygen atoms in total. The predicted octanol–water partition coefficient (Wildman–Crippen LogP) is 4.44. The van der Waals surface area contributed by atoms with Gasteiger partial charge in [-0.3, -0.25) is 9.59 Å². The third-order valence-electron chi connectivity index (χ3n) is 3.40. The van der Waals surface area contributed by atoms with Crippen molar-refractivity contribution >= 4 is 34.4 Å². The van der Waals surface area contributed by atoms with Crippen LogP contribution in [0.15, 0.2) is 34.1 Å². The van der Waals surface area contributed by atoms with Crippen LogP contribution in [-0.2, 0) is 9.53 Å². The molecule has 130 valence electrons. The topological polar surface area (TPSA) is 82.3 Å². The molecule has 0 fully saturated rings. The van der Waals surface area contributed by atoms with Gasteiger partial charge < -0.3 is 9.15 Å². The van der Waals surface area contributed by atoms with E-state index in [1.165, 1.54) is 22.7 Å². The minimum Gasteiger partial charge on any atom is -0.453 e. The number of ether oxygens (including phenoxy) is 1. The fourth-order valence-corrected chi connectivity index (χ4v) is 3.61. The summed E-state index contributed by atoms with van der Waals surface area (Å²) in [6.07, 6.45) is -0.519. The van der Waals surface area contributed by atoms with Gasteiger partial charge in [0.05, 0.1) is 16.2 Å². The Balaban J connectivity index is 1.51. The van der Waals surface area contributed by atoms with E-state index < -0.39 is 12.1 Å². The van der Waals surface area contributed by atoms with Crippen molar-refractivity contribution in [2.45, 2.75) is 32.8 Å². The molecule has 25 heavy (non-hydrogen) atoms. The van der Waals surface area contributed by atoms with Crippen molar-refractivity contribution in [3.05, 3.63) is 45.3 Å². The number of ketones is 1. The maximum absolute atomic E-state index is 12.0. The molecule has 3 aromatic heterocycles. The summed E-state index contributed by atoms with van der Waals surface area (Å²) >= 11 is 2.91. The zero-order valence-corrected chi connectivity index (χ0v) is 15.4. The highest BCUT2D eigenvalue weighted by Gasteiger charge is 2.20. The van der Waals surface area contributed by atoms with E-state index in [2.05, 4.69) is 10.2 Å². The Hall–Kier alpha value is -2.32. The van der Waals surface area contributed by atoms with Crippen molar-refractivity contribution < 1.29 is 18.7 Å². The smallest absolute Gasteiger partial charge is 0.307 e. The SMILES string of the molecule is Cc1ccc(C(=O)CCC(=O)O[C@H](C)c2nnc(-c3cccs3)o2)s1. The van der Waals surface area contributed by atoms with Crippen LogP contribution in [0.3, 0.4) is 0 Å². The summed E-state index contributed by atoms with van der Waals surface area (Å²) in [4.78, 5) is 26.5. The molecule has 0 saturated heterocycles. The summed E-state index contributed by atoms with van der Waals surface area (Å²) in [6, 6.07) is 7.43. The number of Topliss-reactive ketones (excluding diaryl/α,β-unsaturated/α-hetero) is 1. The summed E-state index contributed by atoms with van der Waals surface area (Å²) in [5.74, 6) is 0.110. The van der Waals surface area contributed by atoms with Crippen molar-refractivity contribution in [2.75, 3.05) is 0 Å². The zero-order chi connectivity index (χ0) is 17.8. The van der Waals surface area contributed by atoms with Gasteiger partial charge in [-0.25, -0.2) is 0 Å². The van der Waals surface area contributed by atoms with Crippen LogP contribution in [0, 0.1) is 6.92 Å². The number of thiophene rings is 2. The molecule has 1 atom stereocenters. The number of aryl methyl sites for hydroxylation is 1. The molecule has 0 radical (unpaired) electrons. The van der Waals surface area contributed by atoms with Gasteiger partial charge in [-0.2, -0.15) is 0 Å². The van der Waals surface area contributed by atoms with Gasteiger partial charge >= 0.3 is 5.97 Å². The normalized spacial score (nSPS) is 12.1. The number of esters is 1. The van der Waals surface area contributed by atoms with Crippen molar-refractivity contribution in [3.63, 3.8) is 0 Å². The predicted molar refractivity (Wildman–Crippen MR) is 94.7 cm³/mol. The van der Waals surface area contributed by atoms with Gasteiger partial charge in [0.25, 0.3) is 11.8 Å². The molecule has 0 spiro atoms. The van der Waals surface area contributed by atoms with Gasteiger partial charge in [0, 0.05) is 11.3 Å². The first-order valence-electron chi connectivity index (χ1n) is 7.69. The van der Waals surface area contributed by atoms with E-state index in [4.69, 9.17) is 9.15 Å². The van der Waals surface area contributed by atoms with Gasteiger partial charge in [0.15, 0.2) is 11.9 Å². The Morgan fingerprint density at radius 2 is 2.08 bits per heavy atom. The number of carbonyl (C=O) groups is 2. The van der Waals surface area contributed by atoms with E-state index >= 15 is 0 Å². The molecule has 0 amide bonds. The van der Waals surface area contributed by atoms with Gasteiger partial charge in [0.1, 0.15) is 0 Å². The Bertz CT molecular complexity index is 867. The van der Waals surface area contributed by atoms with Crippen LogP contribution < -0.4 is 0 Å². The lowest BCUT2D eigenvalue weighted by molar-refractivity contribution is -0.149. The molecule has 3 rings (SSSR count). The van der Waals surface area contributed by atoms with E-state index in [1.54, 1.807) is 13.0 Å². The lowest BCUT2D eigenvalue weighted by Gasteiger charge is -2.08. The average Bonchev–Trinajstić information content (AvgIpc) is 3.32. The van der Waals surface area contributed by atoms with Gasteiger partial charge in [-0.15, -0.1) is 32.9 Å². The molecule has 8 heteroatoms. The number of carbonyl (C=O) groups excluding carboxylic acids is 2. The number of nitrogens with zero attached hydrogens (tertiary/aromatic N) is 2. The van der Waals surface area contributed by atoms with Crippen LogP contribution in [0.4, 0.5) is 0 Å². The van der Waals surface area contributed by atoms with Gasteiger partial charge in [-0.1, -0.05) is 6.07 Å². The van der Waals surface area contributed by atoms with Crippen LogP contribution in [0.1, 0.15) is 46.3 Å². The average molecular weight is 376 g/mol.